The Morgan fingerprint density at radius 2 is 2.03 bits per heavy atom. The Balaban J connectivity index is 1.51. The molecular formula is C19H21N11O2. The number of carbonyl (C=O) groups is 2. The van der Waals surface area contributed by atoms with Crippen molar-refractivity contribution in [3.05, 3.63) is 42.6 Å². The number of benzene rings is 1. The Hall–Kier alpha value is -4.42. The number of likely N-dealkylation sites (tertiary alicyclic amines) is 1. The Morgan fingerprint density at radius 1 is 1.22 bits per heavy atom. The first kappa shape index (κ1) is 20.8. The summed E-state index contributed by atoms with van der Waals surface area (Å²) in [5.74, 6) is -0.0360. The largest absolute Gasteiger partial charge is 0.364 e. The van der Waals surface area contributed by atoms with Crippen LogP contribution in [-0.4, -0.2) is 71.7 Å². The van der Waals surface area contributed by atoms with Gasteiger partial charge < -0.3 is 21.3 Å². The second-order valence-electron chi connectivity index (χ2n) is 7.11. The maximum Gasteiger partial charge on any atom is 0.273 e. The third-order valence-electron chi connectivity index (χ3n) is 4.91. The number of nitrogens with zero attached hydrogens (tertiary/aromatic N) is 7. The fraction of sp³-hybridized carbons (Fsp3) is 0.263. The second kappa shape index (κ2) is 9.16. The van der Waals surface area contributed by atoms with Crippen LogP contribution in [0.5, 0.6) is 0 Å². The van der Waals surface area contributed by atoms with Gasteiger partial charge in [0.1, 0.15) is 0 Å². The zero-order chi connectivity index (χ0) is 22.5. The molecule has 13 heteroatoms. The van der Waals surface area contributed by atoms with Crippen LogP contribution in [0.3, 0.4) is 0 Å². The summed E-state index contributed by atoms with van der Waals surface area (Å²) < 4.78 is 0. The van der Waals surface area contributed by atoms with E-state index in [-0.39, 0.29) is 29.4 Å². The van der Waals surface area contributed by atoms with Gasteiger partial charge in [0.15, 0.2) is 11.5 Å². The van der Waals surface area contributed by atoms with Crippen molar-refractivity contribution in [2.24, 2.45) is 5.73 Å². The average Bonchev–Trinajstić information content (AvgIpc) is 3.34. The molecule has 0 spiro atoms. The molecule has 0 radical (unpaired) electrons. The number of carbonyl (C=O) groups excluding carboxylic acids is 2. The van der Waals surface area contributed by atoms with Crippen LogP contribution < -0.4 is 16.4 Å². The molecule has 3 aromatic rings. The van der Waals surface area contributed by atoms with Gasteiger partial charge >= 0.3 is 0 Å². The third kappa shape index (κ3) is 4.66. The lowest BCUT2D eigenvalue weighted by Crippen LogP contribution is -2.44. The molecule has 1 atom stereocenters. The fourth-order valence-electron chi connectivity index (χ4n) is 3.37. The van der Waals surface area contributed by atoms with Gasteiger partial charge in [-0.05, 0) is 48.4 Å². The van der Waals surface area contributed by atoms with Crippen LogP contribution in [0.15, 0.2) is 36.9 Å². The number of H-pyrrole nitrogens is 1. The van der Waals surface area contributed by atoms with Crippen LogP contribution >= 0.6 is 0 Å². The molecule has 1 aromatic carbocycles. The molecule has 4 rings (SSSR count). The number of nitrogens with two attached hydrogens (primary N) is 1. The number of aromatic amines is 1. The van der Waals surface area contributed by atoms with Crippen LogP contribution in [0.4, 0.5) is 17.5 Å². The summed E-state index contributed by atoms with van der Waals surface area (Å²) in [6, 6.07) is 7.06. The summed E-state index contributed by atoms with van der Waals surface area (Å²) in [5, 5.41) is 27.9. The zero-order valence-electron chi connectivity index (χ0n) is 17.0. The van der Waals surface area contributed by atoms with E-state index in [1.807, 2.05) is 0 Å². The highest BCUT2D eigenvalue weighted by Crippen LogP contribution is 2.22. The zero-order valence-corrected chi connectivity index (χ0v) is 17.0. The summed E-state index contributed by atoms with van der Waals surface area (Å²) in [4.78, 5) is 29.8. The van der Waals surface area contributed by atoms with Crippen LogP contribution in [0.2, 0.25) is 0 Å². The first-order valence-corrected chi connectivity index (χ1v) is 9.87. The number of anilines is 3. The topological polar surface area (TPSA) is 181 Å². The van der Waals surface area contributed by atoms with Gasteiger partial charge in [-0.3, -0.25) is 9.59 Å². The van der Waals surface area contributed by atoms with Crippen molar-refractivity contribution in [2.75, 3.05) is 23.7 Å². The summed E-state index contributed by atoms with van der Waals surface area (Å²) in [5.41, 5.74) is 6.75. The van der Waals surface area contributed by atoms with Crippen molar-refractivity contribution >= 4 is 29.3 Å². The van der Waals surface area contributed by atoms with E-state index < -0.39 is 5.91 Å². The molecular weight excluding hydrogens is 414 g/mol. The molecule has 1 fully saturated rings. The van der Waals surface area contributed by atoms with Crippen molar-refractivity contribution in [1.29, 1.82) is 0 Å². The van der Waals surface area contributed by atoms with Gasteiger partial charge in [-0.15, -0.1) is 20.4 Å². The Kier molecular flexibility index (Phi) is 5.96. The number of hydrogen-bond donors (Lipinski definition) is 4. The Bertz CT molecular complexity index is 1110. The quantitative estimate of drug-likeness (QED) is 0.381. The van der Waals surface area contributed by atoms with Crippen molar-refractivity contribution in [2.45, 2.75) is 18.9 Å². The van der Waals surface area contributed by atoms with Crippen LogP contribution in [0.25, 0.3) is 11.4 Å². The molecule has 1 aliphatic rings. The summed E-state index contributed by atoms with van der Waals surface area (Å²) in [6.45, 7) is 4.70. The van der Waals surface area contributed by atoms with Crippen molar-refractivity contribution < 1.29 is 9.59 Å². The number of aromatic nitrogens is 7. The predicted octanol–water partition coefficient (Wildman–Crippen LogP) is 0.483. The Labute approximate surface area is 182 Å². The molecule has 164 valence electrons. The third-order valence-corrected chi connectivity index (χ3v) is 4.91. The van der Waals surface area contributed by atoms with Crippen LogP contribution in [0, 0.1) is 0 Å². The molecule has 0 aliphatic carbocycles. The van der Waals surface area contributed by atoms with E-state index in [9.17, 15) is 9.59 Å². The molecule has 0 bridgehead atoms. The first-order valence-electron chi connectivity index (χ1n) is 9.87. The maximum absolute atomic E-state index is 11.9. The van der Waals surface area contributed by atoms with E-state index in [2.05, 4.69) is 53.0 Å². The minimum Gasteiger partial charge on any atom is -0.364 e. The maximum atomic E-state index is 11.9. The van der Waals surface area contributed by atoms with Gasteiger partial charge in [0.2, 0.25) is 17.7 Å². The van der Waals surface area contributed by atoms with Crippen molar-refractivity contribution in [3.8, 4) is 11.4 Å². The predicted molar refractivity (Wildman–Crippen MR) is 115 cm³/mol. The molecule has 3 heterocycles. The summed E-state index contributed by atoms with van der Waals surface area (Å²) in [6.07, 6.45) is 2.97. The molecule has 1 aliphatic heterocycles. The van der Waals surface area contributed by atoms with E-state index in [4.69, 9.17) is 5.73 Å². The summed E-state index contributed by atoms with van der Waals surface area (Å²) >= 11 is 0. The molecule has 1 unspecified atom stereocenters. The van der Waals surface area contributed by atoms with E-state index in [0.29, 0.717) is 24.6 Å². The standard InChI is InChI=1S/C19H21N11O2/c1-2-14(31)30-9-3-4-13(10-30)22-19-23-18(15(16(20)32)24-27-19)21-12-7-5-11(6-8-12)17-25-28-29-26-17/h2,5-8,13H,1,3-4,9-10H2,(H2,20,32)(H2,21,22,23,27)(H,25,26,28,29). The van der Waals surface area contributed by atoms with E-state index in [1.165, 1.54) is 6.08 Å². The molecule has 2 aromatic heterocycles. The van der Waals surface area contributed by atoms with Gasteiger partial charge in [-0.2, -0.15) is 10.2 Å². The van der Waals surface area contributed by atoms with E-state index in [1.54, 1.807) is 29.2 Å². The average molecular weight is 435 g/mol. The number of tetrazole rings is 1. The summed E-state index contributed by atoms with van der Waals surface area (Å²) in [7, 11) is 0. The molecule has 32 heavy (non-hydrogen) atoms. The monoisotopic (exact) mass is 435 g/mol. The molecule has 1 saturated heterocycles. The number of rotatable bonds is 7. The number of primary amides is 1. The molecule has 0 saturated carbocycles. The van der Waals surface area contributed by atoms with Gasteiger partial charge in [0.25, 0.3) is 5.91 Å². The van der Waals surface area contributed by atoms with Crippen molar-refractivity contribution in [1.82, 2.24) is 40.7 Å². The highest BCUT2D eigenvalue weighted by Gasteiger charge is 2.23. The lowest BCUT2D eigenvalue weighted by Gasteiger charge is -2.32. The smallest absolute Gasteiger partial charge is 0.273 e. The number of amides is 2. The molecule has 13 nitrogen and oxygen atoms in total. The van der Waals surface area contributed by atoms with Crippen LogP contribution in [0.1, 0.15) is 23.3 Å². The molecule has 5 N–H and O–H groups in total. The van der Waals surface area contributed by atoms with Crippen LogP contribution in [-0.2, 0) is 4.79 Å². The van der Waals surface area contributed by atoms with E-state index >= 15 is 0 Å². The normalized spacial score (nSPS) is 15.8. The number of nitrogens with one attached hydrogen (secondary N) is 3. The fourth-order valence-corrected chi connectivity index (χ4v) is 3.37. The SMILES string of the molecule is C=CC(=O)N1CCCC(Nc2nnc(C(N)=O)c(Nc3ccc(-c4nn[nH]n4)cc3)n2)C1. The Morgan fingerprint density at radius 3 is 2.72 bits per heavy atom. The van der Waals surface area contributed by atoms with Gasteiger partial charge in [0.05, 0.1) is 0 Å². The number of hydrogen-bond acceptors (Lipinski definition) is 10. The minimum atomic E-state index is -0.761. The molecule has 2 amide bonds. The van der Waals surface area contributed by atoms with Gasteiger partial charge in [-0.1, -0.05) is 6.58 Å². The second-order valence-corrected chi connectivity index (χ2v) is 7.11. The minimum absolute atomic E-state index is 0.0593. The number of piperidine rings is 1. The van der Waals surface area contributed by atoms with Crippen molar-refractivity contribution in [3.63, 3.8) is 0 Å². The highest BCUT2D eigenvalue weighted by molar-refractivity contribution is 5.96. The lowest BCUT2D eigenvalue weighted by atomic mass is 10.1. The first-order chi connectivity index (χ1) is 15.5. The lowest BCUT2D eigenvalue weighted by molar-refractivity contribution is -0.127. The highest BCUT2D eigenvalue weighted by atomic mass is 16.2. The van der Waals surface area contributed by atoms with E-state index in [0.717, 1.165) is 18.4 Å². The van der Waals surface area contributed by atoms with Gasteiger partial charge in [-0.25, -0.2) is 0 Å². The van der Waals surface area contributed by atoms with Gasteiger partial charge in [0, 0.05) is 30.4 Å².